The van der Waals surface area contributed by atoms with E-state index >= 15 is 0 Å². The summed E-state index contributed by atoms with van der Waals surface area (Å²) in [7, 11) is 0. The standard InChI is InChI=1S/C16H19NO5/c18-14(19)9-12-10-17(6-8-21-12)16(20)15-13-4-2-1-3-11(13)5-7-22-15/h1-4,12,15H,5-10H2,(H,18,19)/t12-,15-/m0/s1. The van der Waals surface area contributed by atoms with Crippen LogP contribution in [0.4, 0.5) is 0 Å². The van der Waals surface area contributed by atoms with Crippen molar-refractivity contribution in [2.24, 2.45) is 0 Å². The van der Waals surface area contributed by atoms with E-state index in [9.17, 15) is 9.59 Å². The van der Waals surface area contributed by atoms with Gasteiger partial charge in [-0.15, -0.1) is 0 Å². The highest BCUT2D eigenvalue weighted by Gasteiger charge is 2.34. The number of morpholine rings is 1. The quantitative estimate of drug-likeness (QED) is 0.901. The van der Waals surface area contributed by atoms with Gasteiger partial charge >= 0.3 is 5.97 Å². The molecular formula is C16H19NO5. The molecule has 1 amide bonds. The minimum Gasteiger partial charge on any atom is -0.481 e. The topological polar surface area (TPSA) is 76.1 Å². The molecule has 118 valence electrons. The Hall–Kier alpha value is -1.92. The Kier molecular flexibility index (Phi) is 4.40. The lowest BCUT2D eigenvalue weighted by Crippen LogP contribution is -2.48. The molecule has 0 saturated carbocycles. The maximum Gasteiger partial charge on any atom is 0.306 e. The number of ether oxygens (including phenoxy) is 2. The number of aliphatic carboxylic acids is 1. The molecule has 6 nitrogen and oxygen atoms in total. The first-order valence-corrected chi connectivity index (χ1v) is 7.46. The third-order valence-electron chi connectivity index (χ3n) is 4.07. The average molecular weight is 305 g/mol. The summed E-state index contributed by atoms with van der Waals surface area (Å²) >= 11 is 0. The van der Waals surface area contributed by atoms with Crippen LogP contribution in [0.5, 0.6) is 0 Å². The van der Waals surface area contributed by atoms with E-state index in [-0.39, 0.29) is 12.3 Å². The zero-order valence-corrected chi connectivity index (χ0v) is 12.2. The lowest BCUT2D eigenvalue weighted by molar-refractivity contribution is -0.156. The third kappa shape index (κ3) is 3.13. The van der Waals surface area contributed by atoms with Crippen molar-refractivity contribution >= 4 is 11.9 Å². The number of carboxylic acid groups (broad SMARTS) is 1. The first-order chi connectivity index (χ1) is 10.6. The van der Waals surface area contributed by atoms with E-state index in [4.69, 9.17) is 14.6 Å². The molecule has 2 aliphatic rings. The second-order valence-electron chi connectivity index (χ2n) is 5.57. The van der Waals surface area contributed by atoms with Crippen LogP contribution in [0.15, 0.2) is 24.3 Å². The van der Waals surface area contributed by atoms with Gasteiger partial charge in [0.05, 0.1) is 25.7 Å². The molecule has 0 aromatic heterocycles. The molecule has 3 rings (SSSR count). The highest BCUT2D eigenvalue weighted by Crippen LogP contribution is 2.29. The molecule has 2 atom stereocenters. The van der Waals surface area contributed by atoms with Gasteiger partial charge in [0.25, 0.3) is 5.91 Å². The van der Waals surface area contributed by atoms with Crippen LogP contribution in [0.25, 0.3) is 0 Å². The van der Waals surface area contributed by atoms with Crippen LogP contribution >= 0.6 is 0 Å². The van der Waals surface area contributed by atoms with Gasteiger partial charge in [-0.3, -0.25) is 9.59 Å². The van der Waals surface area contributed by atoms with Crippen LogP contribution < -0.4 is 0 Å². The van der Waals surface area contributed by atoms with Crippen molar-refractivity contribution in [2.75, 3.05) is 26.3 Å². The predicted molar refractivity (Wildman–Crippen MR) is 77.4 cm³/mol. The van der Waals surface area contributed by atoms with E-state index in [1.54, 1.807) is 4.90 Å². The molecule has 0 spiro atoms. The maximum absolute atomic E-state index is 12.7. The molecular weight excluding hydrogens is 286 g/mol. The first-order valence-electron chi connectivity index (χ1n) is 7.46. The Morgan fingerprint density at radius 1 is 1.23 bits per heavy atom. The number of rotatable bonds is 3. The molecule has 1 fully saturated rings. The van der Waals surface area contributed by atoms with Crippen molar-refractivity contribution in [1.29, 1.82) is 0 Å². The number of hydrogen-bond acceptors (Lipinski definition) is 4. The summed E-state index contributed by atoms with van der Waals surface area (Å²) < 4.78 is 11.1. The minimum absolute atomic E-state index is 0.0914. The largest absolute Gasteiger partial charge is 0.481 e. The number of fused-ring (bicyclic) bond motifs is 1. The lowest BCUT2D eigenvalue weighted by atomic mass is 9.96. The fourth-order valence-electron chi connectivity index (χ4n) is 3.00. The summed E-state index contributed by atoms with van der Waals surface area (Å²) in [5, 5.41) is 8.86. The Balaban J connectivity index is 1.73. The molecule has 2 heterocycles. The predicted octanol–water partition coefficient (Wildman–Crippen LogP) is 1.00. The van der Waals surface area contributed by atoms with Gasteiger partial charge in [0.2, 0.25) is 0 Å². The number of carboxylic acids is 1. The Bertz CT molecular complexity index is 573. The number of carbonyl (C=O) groups is 2. The number of amides is 1. The minimum atomic E-state index is -0.918. The molecule has 0 bridgehead atoms. The Morgan fingerprint density at radius 2 is 2.05 bits per heavy atom. The highest BCUT2D eigenvalue weighted by atomic mass is 16.5. The van der Waals surface area contributed by atoms with E-state index in [0.717, 1.165) is 17.5 Å². The van der Waals surface area contributed by atoms with Crippen LogP contribution in [-0.4, -0.2) is 54.3 Å². The summed E-state index contributed by atoms with van der Waals surface area (Å²) in [5.41, 5.74) is 2.06. The van der Waals surface area contributed by atoms with Crippen LogP contribution in [0.2, 0.25) is 0 Å². The maximum atomic E-state index is 12.7. The van der Waals surface area contributed by atoms with E-state index < -0.39 is 18.2 Å². The number of benzene rings is 1. The van der Waals surface area contributed by atoms with Crippen molar-refractivity contribution in [3.63, 3.8) is 0 Å². The van der Waals surface area contributed by atoms with E-state index in [1.165, 1.54) is 0 Å². The molecule has 0 aliphatic carbocycles. The van der Waals surface area contributed by atoms with Crippen LogP contribution in [0.3, 0.4) is 0 Å². The zero-order valence-electron chi connectivity index (χ0n) is 12.2. The second-order valence-corrected chi connectivity index (χ2v) is 5.57. The fraction of sp³-hybridized carbons (Fsp3) is 0.500. The molecule has 22 heavy (non-hydrogen) atoms. The van der Waals surface area contributed by atoms with Crippen LogP contribution in [0.1, 0.15) is 23.7 Å². The Morgan fingerprint density at radius 3 is 2.86 bits per heavy atom. The van der Waals surface area contributed by atoms with Gasteiger partial charge in [-0.1, -0.05) is 24.3 Å². The second kappa shape index (κ2) is 6.46. The van der Waals surface area contributed by atoms with Crippen molar-refractivity contribution in [3.8, 4) is 0 Å². The molecule has 1 N–H and O–H groups in total. The summed E-state index contributed by atoms with van der Waals surface area (Å²) in [4.78, 5) is 25.2. The van der Waals surface area contributed by atoms with Crippen LogP contribution in [0, 0.1) is 0 Å². The zero-order chi connectivity index (χ0) is 15.5. The molecule has 1 aromatic carbocycles. The molecule has 0 radical (unpaired) electrons. The van der Waals surface area contributed by atoms with E-state index in [2.05, 4.69) is 0 Å². The lowest BCUT2D eigenvalue weighted by Gasteiger charge is -2.36. The van der Waals surface area contributed by atoms with Gasteiger partial charge < -0.3 is 19.5 Å². The SMILES string of the molecule is O=C(O)C[C@H]1CN(C(=O)[C@H]2OCCc3ccccc32)CCO1. The van der Waals surface area contributed by atoms with Crippen molar-refractivity contribution in [3.05, 3.63) is 35.4 Å². The first kappa shape index (κ1) is 15.0. The van der Waals surface area contributed by atoms with Crippen molar-refractivity contribution in [1.82, 2.24) is 4.90 Å². The van der Waals surface area contributed by atoms with E-state index in [0.29, 0.717) is 26.3 Å². The molecule has 0 unspecified atom stereocenters. The van der Waals surface area contributed by atoms with Crippen LogP contribution in [-0.2, 0) is 25.5 Å². The molecule has 2 aliphatic heterocycles. The highest BCUT2D eigenvalue weighted by molar-refractivity contribution is 5.83. The Labute approximate surface area is 128 Å². The van der Waals surface area contributed by atoms with Gasteiger partial charge in [-0.25, -0.2) is 0 Å². The molecule has 1 aromatic rings. The number of nitrogens with zero attached hydrogens (tertiary/aromatic N) is 1. The summed E-state index contributed by atoms with van der Waals surface area (Å²) in [5.74, 6) is -1.02. The number of hydrogen-bond donors (Lipinski definition) is 1. The summed E-state index contributed by atoms with van der Waals surface area (Å²) in [6, 6.07) is 7.81. The smallest absolute Gasteiger partial charge is 0.306 e. The monoisotopic (exact) mass is 305 g/mol. The normalized spacial score (nSPS) is 24.6. The third-order valence-corrected chi connectivity index (χ3v) is 4.07. The van der Waals surface area contributed by atoms with Gasteiger partial charge in [0, 0.05) is 13.1 Å². The van der Waals surface area contributed by atoms with Gasteiger partial charge in [0.1, 0.15) is 0 Å². The van der Waals surface area contributed by atoms with Crippen molar-refractivity contribution < 1.29 is 24.2 Å². The summed E-state index contributed by atoms with van der Waals surface area (Å²) in [6.07, 6.45) is -0.320. The van der Waals surface area contributed by atoms with Gasteiger partial charge in [-0.05, 0) is 17.5 Å². The average Bonchev–Trinajstić information content (AvgIpc) is 2.53. The molecule has 1 saturated heterocycles. The summed E-state index contributed by atoms with van der Waals surface area (Å²) in [6.45, 7) is 1.65. The van der Waals surface area contributed by atoms with Gasteiger partial charge in [0.15, 0.2) is 6.10 Å². The van der Waals surface area contributed by atoms with Crippen molar-refractivity contribution in [2.45, 2.75) is 25.0 Å². The van der Waals surface area contributed by atoms with Gasteiger partial charge in [-0.2, -0.15) is 0 Å². The number of carbonyl (C=O) groups excluding carboxylic acids is 1. The fourth-order valence-corrected chi connectivity index (χ4v) is 3.00. The molecule has 6 heteroatoms. The van der Waals surface area contributed by atoms with E-state index in [1.807, 2.05) is 24.3 Å².